The molecule has 2 aromatic rings. The highest BCUT2D eigenvalue weighted by Crippen LogP contribution is 2.31. The second-order valence-electron chi connectivity index (χ2n) is 3.86. The second-order valence-corrected chi connectivity index (χ2v) is 3.86. The lowest BCUT2D eigenvalue weighted by atomic mass is 10.0. The third-order valence-electron chi connectivity index (χ3n) is 2.73. The maximum atomic E-state index is 10.0. The van der Waals surface area contributed by atoms with Crippen LogP contribution in [-0.4, -0.2) is 22.9 Å². The van der Waals surface area contributed by atoms with Gasteiger partial charge in [0.25, 0.3) is 0 Å². The van der Waals surface area contributed by atoms with Gasteiger partial charge in [-0.15, -0.1) is 0 Å². The lowest BCUT2D eigenvalue weighted by molar-refractivity contribution is 0.109. The maximum Gasteiger partial charge on any atom is 0.134 e. The van der Waals surface area contributed by atoms with Gasteiger partial charge < -0.3 is 20.4 Å². The van der Waals surface area contributed by atoms with Crippen molar-refractivity contribution in [2.75, 3.05) is 6.61 Å². The molecule has 0 aliphatic heterocycles. The van der Waals surface area contributed by atoms with Crippen molar-refractivity contribution in [3.63, 3.8) is 0 Å². The number of hydrogen-bond acceptors (Lipinski definition) is 4. The highest BCUT2D eigenvalue weighted by Gasteiger charge is 2.23. The fraction of sp³-hybridized carbons (Fsp3) is 0.333. The fourth-order valence-corrected chi connectivity index (χ4v) is 1.87. The molecule has 86 valence electrons. The molecule has 4 nitrogen and oxygen atoms in total. The van der Waals surface area contributed by atoms with Gasteiger partial charge in [0, 0.05) is 10.9 Å². The number of aliphatic hydroxyl groups excluding tert-OH is 2. The van der Waals surface area contributed by atoms with E-state index in [1.807, 2.05) is 24.3 Å². The van der Waals surface area contributed by atoms with Crippen molar-refractivity contribution in [2.24, 2.45) is 5.73 Å². The highest BCUT2D eigenvalue weighted by atomic mass is 16.3. The van der Waals surface area contributed by atoms with Crippen LogP contribution in [0.1, 0.15) is 17.4 Å². The van der Waals surface area contributed by atoms with Crippen LogP contribution >= 0.6 is 0 Å². The topological polar surface area (TPSA) is 79.6 Å². The average molecular weight is 221 g/mol. The normalized spacial score (nSPS) is 15.2. The monoisotopic (exact) mass is 221 g/mol. The van der Waals surface area contributed by atoms with Crippen LogP contribution in [0.5, 0.6) is 0 Å². The lowest BCUT2D eigenvalue weighted by Crippen LogP contribution is -2.32. The molecule has 2 unspecified atom stereocenters. The highest BCUT2D eigenvalue weighted by molar-refractivity contribution is 5.82. The van der Waals surface area contributed by atoms with E-state index in [9.17, 15) is 5.11 Å². The average Bonchev–Trinajstić information content (AvgIpc) is 2.63. The van der Waals surface area contributed by atoms with Gasteiger partial charge in [-0.05, 0) is 13.0 Å². The van der Waals surface area contributed by atoms with E-state index in [1.54, 1.807) is 6.92 Å². The summed E-state index contributed by atoms with van der Waals surface area (Å²) in [6, 6.07) is 6.75. The standard InChI is InChI=1S/C12H15NO3/c1-7-11(12(15)9(13)6-14)8-4-2-3-5-10(8)16-7/h2-5,9,12,14-15H,6,13H2,1H3. The first-order chi connectivity index (χ1) is 7.65. The summed E-state index contributed by atoms with van der Waals surface area (Å²) in [5.74, 6) is 0.637. The third-order valence-corrected chi connectivity index (χ3v) is 2.73. The van der Waals surface area contributed by atoms with Crippen LogP contribution in [0.15, 0.2) is 28.7 Å². The minimum atomic E-state index is -0.909. The molecule has 1 aromatic carbocycles. The molecule has 0 aliphatic rings. The van der Waals surface area contributed by atoms with Crippen molar-refractivity contribution in [1.29, 1.82) is 0 Å². The summed E-state index contributed by atoms with van der Waals surface area (Å²) < 4.78 is 5.52. The first-order valence-electron chi connectivity index (χ1n) is 5.17. The van der Waals surface area contributed by atoms with E-state index in [4.69, 9.17) is 15.3 Å². The summed E-state index contributed by atoms with van der Waals surface area (Å²) >= 11 is 0. The molecule has 2 atom stereocenters. The molecule has 0 aliphatic carbocycles. The molecular formula is C12H15NO3. The number of furan rings is 1. The van der Waals surface area contributed by atoms with Gasteiger partial charge in [-0.25, -0.2) is 0 Å². The number of fused-ring (bicyclic) bond motifs is 1. The van der Waals surface area contributed by atoms with Crippen LogP contribution in [0.25, 0.3) is 11.0 Å². The van der Waals surface area contributed by atoms with Crippen molar-refractivity contribution in [2.45, 2.75) is 19.1 Å². The maximum absolute atomic E-state index is 10.0. The summed E-state index contributed by atoms with van der Waals surface area (Å²) in [6.45, 7) is 1.52. The largest absolute Gasteiger partial charge is 0.461 e. The second kappa shape index (κ2) is 4.25. The first-order valence-corrected chi connectivity index (χ1v) is 5.17. The van der Waals surface area contributed by atoms with E-state index in [0.29, 0.717) is 11.3 Å². The van der Waals surface area contributed by atoms with Crippen LogP contribution in [0.3, 0.4) is 0 Å². The Morgan fingerprint density at radius 3 is 2.75 bits per heavy atom. The van der Waals surface area contributed by atoms with Gasteiger partial charge in [0.15, 0.2) is 0 Å². The smallest absolute Gasteiger partial charge is 0.134 e. The Morgan fingerprint density at radius 2 is 2.06 bits per heavy atom. The van der Waals surface area contributed by atoms with Crippen LogP contribution in [0.2, 0.25) is 0 Å². The minimum absolute atomic E-state index is 0.264. The SMILES string of the molecule is Cc1oc2ccccc2c1C(O)C(N)CO. The van der Waals surface area contributed by atoms with Gasteiger partial charge in [-0.2, -0.15) is 0 Å². The Kier molecular flexibility index (Phi) is 2.96. The molecule has 2 rings (SSSR count). The Morgan fingerprint density at radius 1 is 1.38 bits per heavy atom. The molecule has 16 heavy (non-hydrogen) atoms. The summed E-state index contributed by atoms with van der Waals surface area (Å²) in [7, 11) is 0. The Balaban J connectivity index is 2.54. The van der Waals surface area contributed by atoms with E-state index >= 15 is 0 Å². The molecular weight excluding hydrogens is 206 g/mol. The predicted molar refractivity (Wildman–Crippen MR) is 61.0 cm³/mol. The quantitative estimate of drug-likeness (QED) is 0.725. The van der Waals surface area contributed by atoms with Crippen LogP contribution in [0.4, 0.5) is 0 Å². The zero-order valence-corrected chi connectivity index (χ0v) is 9.05. The van der Waals surface area contributed by atoms with E-state index in [1.165, 1.54) is 0 Å². The summed E-state index contributed by atoms with van der Waals surface area (Å²) in [4.78, 5) is 0. The lowest BCUT2D eigenvalue weighted by Gasteiger charge is -2.16. The predicted octanol–water partition coefficient (Wildman–Crippen LogP) is 1.09. The van der Waals surface area contributed by atoms with Crippen LogP contribution in [0, 0.1) is 6.92 Å². The number of hydrogen-bond donors (Lipinski definition) is 3. The van der Waals surface area contributed by atoms with Crippen molar-refractivity contribution in [1.82, 2.24) is 0 Å². The van der Waals surface area contributed by atoms with E-state index in [2.05, 4.69) is 0 Å². The molecule has 4 heteroatoms. The van der Waals surface area contributed by atoms with Crippen molar-refractivity contribution in [3.8, 4) is 0 Å². The van der Waals surface area contributed by atoms with Gasteiger partial charge in [0.05, 0.1) is 12.6 Å². The molecule has 0 saturated carbocycles. The van der Waals surface area contributed by atoms with E-state index in [-0.39, 0.29) is 6.61 Å². The molecule has 0 bridgehead atoms. The van der Waals surface area contributed by atoms with E-state index in [0.717, 1.165) is 11.0 Å². The fourth-order valence-electron chi connectivity index (χ4n) is 1.87. The van der Waals surface area contributed by atoms with E-state index < -0.39 is 12.1 Å². The molecule has 1 aromatic heterocycles. The number of para-hydroxylation sites is 1. The molecule has 0 fully saturated rings. The van der Waals surface area contributed by atoms with Crippen molar-refractivity contribution in [3.05, 3.63) is 35.6 Å². The zero-order valence-electron chi connectivity index (χ0n) is 9.05. The molecule has 0 radical (unpaired) electrons. The van der Waals surface area contributed by atoms with Gasteiger partial charge in [-0.1, -0.05) is 18.2 Å². The van der Waals surface area contributed by atoms with Gasteiger partial charge in [-0.3, -0.25) is 0 Å². The summed E-state index contributed by atoms with van der Waals surface area (Å²) in [5.41, 5.74) is 7.01. The van der Waals surface area contributed by atoms with Crippen LogP contribution in [-0.2, 0) is 0 Å². The molecule has 0 amide bonds. The van der Waals surface area contributed by atoms with Gasteiger partial charge in [0.1, 0.15) is 17.4 Å². The molecule has 1 heterocycles. The van der Waals surface area contributed by atoms with Gasteiger partial charge >= 0.3 is 0 Å². The molecule has 4 N–H and O–H groups in total. The summed E-state index contributed by atoms with van der Waals surface area (Å²) in [5, 5.41) is 19.8. The van der Waals surface area contributed by atoms with Crippen molar-refractivity contribution < 1.29 is 14.6 Å². The Hall–Kier alpha value is -1.36. The van der Waals surface area contributed by atoms with Crippen molar-refractivity contribution >= 4 is 11.0 Å². The third kappa shape index (κ3) is 1.71. The van der Waals surface area contributed by atoms with Crippen LogP contribution < -0.4 is 5.73 Å². The molecule has 0 saturated heterocycles. The number of aryl methyl sites for hydroxylation is 1. The zero-order chi connectivity index (χ0) is 11.7. The minimum Gasteiger partial charge on any atom is -0.461 e. The number of benzene rings is 1. The van der Waals surface area contributed by atoms with Gasteiger partial charge in [0.2, 0.25) is 0 Å². The molecule has 0 spiro atoms. The number of rotatable bonds is 3. The number of aliphatic hydroxyl groups is 2. The first kappa shape index (κ1) is 11.1. The Labute approximate surface area is 93.3 Å². The number of nitrogens with two attached hydrogens (primary N) is 1. The summed E-state index contributed by atoms with van der Waals surface area (Å²) in [6.07, 6.45) is -0.909. The Bertz CT molecular complexity index is 492.